The maximum atomic E-state index is 11.1. The Bertz CT molecular complexity index is 357. The van der Waals surface area contributed by atoms with Crippen LogP contribution in [0.3, 0.4) is 0 Å². The normalized spacial score (nSPS) is 9.64. The average molecular weight is 189 g/mol. The molecular formula is C12H15NO. The van der Waals surface area contributed by atoms with E-state index in [9.17, 15) is 4.79 Å². The summed E-state index contributed by atoms with van der Waals surface area (Å²) in [5.41, 5.74) is 4.26. The number of carbonyl (C=O) groups is 1. The van der Waals surface area contributed by atoms with E-state index >= 15 is 0 Å². The van der Waals surface area contributed by atoms with Crippen molar-refractivity contribution in [3.8, 4) is 0 Å². The molecule has 2 heteroatoms. The molecule has 0 aliphatic carbocycles. The molecule has 1 rings (SSSR count). The fraction of sp³-hybridized carbons (Fsp3) is 0.250. The van der Waals surface area contributed by atoms with E-state index < -0.39 is 0 Å². The molecule has 0 saturated heterocycles. The molecule has 0 aromatic heterocycles. The highest BCUT2D eigenvalue weighted by Gasteiger charge is 2.05. The minimum atomic E-state index is -0.167. The highest BCUT2D eigenvalue weighted by Crippen LogP contribution is 2.21. The van der Waals surface area contributed by atoms with Gasteiger partial charge >= 0.3 is 0 Å². The minimum Gasteiger partial charge on any atom is -0.322 e. The molecule has 1 N–H and O–H groups in total. The van der Waals surface area contributed by atoms with Gasteiger partial charge in [-0.3, -0.25) is 4.79 Å². The molecule has 14 heavy (non-hydrogen) atoms. The smallest absolute Gasteiger partial charge is 0.247 e. The number of carbonyl (C=O) groups excluding carboxylic acids is 1. The summed E-state index contributed by atoms with van der Waals surface area (Å²) in [5.74, 6) is -0.167. The lowest BCUT2D eigenvalue weighted by atomic mass is 10.1. The maximum absolute atomic E-state index is 11.1. The first-order valence-corrected chi connectivity index (χ1v) is 4.56. The molecule has 74 valence electrons. The summed E-state index contributed by atoms with van der Waals surface area (Å²) in [6.45, 7) is 9.43. The Morgan fingerprint density at radius 2 is 1.79 bits per heavy atom. The van der Waals surface area contributed by atoms with Crippen LogP contribution in [0, 0.1) is 20.8 Å². The lowest BCUT2D eigenvalue weighted by Gasteiger charge is -2.11. The summed E-state index contributed by atoms with van der Waals surface area (Å²) in [5, 5.41) is 2.80. The van der Waals surface area contributed by atoms with Crippen LogP contribution in [0.4, 0.5) is 5.69 Å². The van der Waals surface area contributed by atoms with E-state index in [1.54, 1.807) is 0 Å². The molecular weight excluding hydrogens is 174 g/mol. The van der Waals surface area contributed by atoms with Gasteiger partial charge in [-0.05, 0) is 38.0 Å². The van der Waals surface area contributed by atoms with Crippen molar-refractivity contribution in [1.29, 1.82) is 0 Å². The van der Waals surface area contributed by atoms with E-state index in [4.69, 9.17) is 0 Å². The van der Waals surface area contributed by atoms with Crippen molar-refractivity contribution in [3.63, 3.8) is 0 Å². The van der Waals surface area contributed by atoms with Gasteiger partial charge in [-0.2, -0.15) is 0 Å². The molecule has 0 fully saturated rings. The summed E-state index contributed by atoms with van der Waals surface area (Å²) in [6, 6.07) is 4.09. The Kier molecular flexibility index (Phi) is 3.07. The van der Waals surface area contributed by atoms with Crippen LogP contribution in [0.1, 0.15) is 16.7 Å². The Morgan fingerprint density at radius 3 is 2.21 bits per heavy atom. The van der Waals surface area contributed by atoms with E-state index in [0.29, 0.717) is 0 Å². The zero-order valence-corrected chi connectivity index (χ0v) is 8.85. The zero-order valence-electron chi connectivity index (χ0n) is 8.85. The lowest BCUT2D eigenvalue weighted by Crippen LogP contribution is -2.10. The van der Waals surface area contributed by atoms with Crippen molar-refractivity contribution in [1.82, 2.24) is 0 Å². The number of nitrogens with one attached hydrogen (secondary N) is 1. The Morgan fingerprint density at radius 1 is 1.29 bits per heavy atom. The number of aryl methyl sites for hydroxylation is 3. The highest BCUT2D eigenvalue weighted by molar-refractivity contribution is 5.99. The summed E-state index contributed by atoms with van der Waals surface area (Å²) in [7, 11) is 0. The second kappa shape index (κ2) is 4.09. The van der Waals surface area contributed by atoms with Gasteiger partial charge in [0.25, 0.3) is 0 Å². The van der Waals surface area contributed by atoms with Crippen molar-refractivity contribution >= 4 is 11.6 Å². The molecule has 0 bridgehead atoms. The molecule has 0 heterocycles. The summed E-state index contributed by atoms with van der Waals surface area (Å²) >= 11 is 0. The molecule has 1 aromatic carbocycles. The molecule has 0 spiro atoms. The molecule has 0 aliphatic rings. The van der Waals surface area contributed by atoms with E-state index in [0.717, 1.165) is 16.8 Å². The second-order valence-corrected chi connectivity index (χ2v) is 3.47. The topological polar surface area (TPSA) is 29.1 Å². The quantitative estimate of drug-likeness (QED) is 0.712. The van der Waals surface area contributed by atoms with Crippen molar-refractivity contribution in [2.45, 2.75) is 20.8 Å². The summed E-state index contributed by atoms with van der Waals surface area (Å²) in [6.07, 6.45) is 1.28. The number of anilines is 1. The number of rotatable bonds is 2. The fourth-order valence-electron chi connectivity index (χ4n) is 1.55. The van der Waals surface area contributed by atoms with Crippen molar-refractivity contribution in [3.05, 3.63) is 41.5 Å². The molecule has 1 amide bonds. The maximum Gasteiger partial charge on any atom is 0.247 e. The van der Waals surface area contributed by atoms with Crippen molar-refractivity contribution in [2.75, 3.05) is 5.32 Å². The van der Waals surface area contributed by atoms with Crippen LogP contribution in [0.2, 0.25) is 0 Å². The van der Waals surface area contributed by atoms with E-state index in [2.05, 4.69) is 11.9 Å². The van der Waals surface area contributed by atoms with Gasteiger partial charge in [-0.15, -0.1) is 0 Å². The first-order valence-electron chi connectivity index (χ1n) is 4.56. The number of amides is 1. The van der Waals surface area contributed by atoms with E-state index in [1.165, 1.54) is 11.6 Å². The van der Waals surface area contributed by atoms with Gasteiger partial charge < -0.3 is 5.32 Å². The molecule has 1 aromatic rings. The Balaban J connectivity index is 3.08. The third-order valence-electron chi connectivity index (χ3n) is 2.11. The average Bonchev–Trinajstić information content (AvgIpc) is 2.10. The minimum absolute atomic E-state index is 0.167. The lowest BCUT2D eigenvalue weighted by molar-refractivity contribution is -0.111. The van der Waals surface area contributed by atoms with Gasteiger partial charge in [0.05, 0.1) is 0 Å². The molecule has 0 aliphatic heterocycles. The first-order chi connectivity index (χ1) is 6.54. The van der Waals surface area contributed by atoms with Crippen molar-refractivity contribution in [2.24, 2.45) is 0 Å². The van der Waals surface area contributed by atoms with Crippen LogP contribution >= 0.6 is 0 Å². The monoisotopic (exact) mass is 189 g/mol. The SMILES string of the molecule is C=CC(=O)Nc1c(C)cc(C)cc1C. The van der Waals surface area contributed by atoms with Gasteiger partial charge in [0.2, 0.25) is 5.91 Å². The summed E-state index contributed by atoms with van der Waals surface area (Å²) in [4.78, 5) is 11.1. The van der Waals surface area contributed by atoms with Gasteiger partial charge in [-0.1, -0.05) is 24.3 Å². The fourth-order valence-corrected chi connectivity index (χ4v) is 1.55. The Labute approximate surface area is 84.6 Å². The van der Waals surface area contributed by atoms with E-state index in [-0.39, 0.29) is 5.91 Å². The standard InChI is InChI=1S/C12H15NO/c1-5-11(14)13-12-9(3)6-8(2)7-10(12)4/h5-7H,1H2,2-4H3,(H,13,14). The summed E-state index contributed by atoms with van der Waals surface area (Å²) < 4.78 is 0. The number of benzene rings is 1. The predicted octanol–water partition coefficient (Wildman–Crippen LogP) is 2.74. The van der Waals surface area contributed by atoms with E-state index in [1.807, 2.05) is 32.9 Å². The van der Waals surface area contributed by atoms with Crippen LogP contribution in [-0.4, -0.2) is 5.91 Å². The van der Waals surface area contributed by atoms with Crippen LogP contribution < -0.4 is 5.32 Å². The van der Waals surface area contributed by atoms with Gasteiger partial charge in [0.15, 0.2) is 0 Å². The molecule has 0 unspecified atom stereocenters. The van der Waals surface area contributed by atoms with Crippen LogP contribution in [0.5, 0.6) is 0 Å². The zero-order chi connectivity index (χ0) is 10.7. The third kappa shape index (κ3) is 2.22. The largest absolute Gasteiger partial charge is 0.322 e. The van der Waals surface area contributed by atoms with Gasteiger partial charge in [-0.25, -0.2) is 0 Å². The van der Waals surface area contributed by atoms with Crippen LogP contribution in [0.25, 0.3) is 0 Å². The molecule has 0 atom stereocenters. The van der Waals surface area contributed by atoms with Crippen LogP contribution in [0.15, 0.2) is 24.8 Å². The molecule has 2 nitrogen and oxygen atoms in total. The first kappa shape index (κ1) is 10.5. The van der Waals surface area contributed by atoms with Crippen LogP contribution in [-0.2, 0) is 4.79 Å². The predicted molar refractivity (Wildman–Crippen MR) is 59.5 cm³/mol. The molecule has 0 radical (unpaired) electrons. The highest BCUT2D eigenvalue weighted by atomic mass is 16.1. The van der Waals surface area contributed by atoms with Crippen molar-refractivity contribution < 1.29 is 4.79 Å². The van der Waals surface area contributed by atoms with Gasteiger partial charge in [0.1, 0.15) is 0 Å². The Hall–Kier alpha value is -1.57. The number of hydrogen-bond acceptors (Lipinski definition) is 1. The number of hydrogen-bond donors (Lipinski definition) is 1. The van der Waals surface area contributed by atoms with Gasteiger partial charge in [0, 0.05) is 5.69 Å². The third-order valence-corrected chi connectivity index (χ3v) is 2.11. The second-order valence-electron chi connectivity index (χ2n) is 3.47. The molecule has 0 saturated carbocycles.